The van der Waals surface area contributed by atoms with Gasteiger partial charge in [-0.2, -0.15) is 0 Å². The van der Waals surface area contributed by atoms with E-state index < -0.39 is 0 Å². The fourth-order valence-corrected chi connectivity index (χ4v) is 1.62. The van der Waals surface area contributed by atoms with Crippen LogP contribution in [0.3, 0.4) is 0 Å². The van der Waals surface area contributed by atoms with Gasteiger partial charge in [0.05, 0.1) is 6.61 Å². The van der Waals surface area contributed by atoms with E-state index in [9.17, 15) is 5.11 Å². The molecule has 1 aromatic rings. The third kappa shape index (κ3) is 3.96. The Kier molecular flexibility index (Phi) is 4.69. The molecule has 0 saturated carbocycles. The second kappa shape index (κ2) is 5.81. The smallest absolute Gasteiger partial charge is 0.121 e. The van der Waals surface area contributed by atoms with E-state index in [0.717, 1.165) is 23.1 Å². The van der Waals surface area contributed by atoms with Crippen LogP contribution in [0.4, 0.5) is 0 Å². The summed E-state index contributed by atoms with van der Waals surface area (Å²) in [6.07, 6.45) is 2.13. The number of rotatable bonds is 5. The summed E-state index contributed by atoms with van der Waals surface area (Å²) < 4.78 is 6.41. The van der Waals surface area contributed by atoms with E-state index in [1.54, 1.807) is 12.1 Å². The van der Waals surface area contributed by atoms with Crippen LogP contribution in [0, 0.1) is 0 Å². The second-order valence-corrected chi connectivity index (χ2v) is 4.24. The molecule has 0 atom stereocenters. The summed E-state index contributed by atoms with van der Waals surface area (Å²) in [5.74, 6) is 0.805. The molecule has 0 amide bonds. The molecule has 0 aliphatic rings. The van der Waals surface area contributed by atoms with Gasteiger partial charge in [-0.05, 0) is 24.6 Å². The highest BCUT2D eigenvalue weighted by Crippen LogP contribution is 2.24. The second-order valence-electron chi connectivity index (χ2n) is 3.32. The Labute approximate surface area is 98.7 Å². The van der Waals surface area contributed by atoms with Gasteiger partial charge in [0.2, 0.25) is 0 Å². The molecule has 0 saturated heterocycles. The van der Waals surface area contributed by atoms with E-state index in [1.165, 1.54) is 0 Å². The summed E-state index contributed by atoms with van der Waals surface area (Å²) in [4.78, 5) is 0. The minimum Gasteiger partial charge on any atom is -0.508 e. The van der Waals surface area contributed by atoms with Gasteiger partial charge in [0.15, 0.2) is 0 Å². The molecule has 1 rings (SSSR count). The van der Waals surface area contributed by atoms with Crippen LogP contribution >= 0.6 is 15.9 Å². The van der Waals surface area contributed by atoms with Gasteiger partial charge in [-0.3, -0.25) is 0 Å². The maximum atomic E-state index is 9.27. The first-order chi connectivity index (χ1) is 7.13. The summed E-state index contributed by atoms with van der Waals surface area (Å²) in [6.45, 7) is 6.30. The van der Waals surface area contributed by atoms with E-state index in [2.05, 4.69) is 29.4 Å². The lowest BCUT2D eigenvalue weighted by molar-refractivity contribution is 0.309. The van der Waals surface area contributed by atoms with E-state index in [4.69, 9.17) is 4.74 Å². The molecule has 15 heavy (non-hydrogen) atoms. The molecule has 0 aliphatic heterocycles. The quantitative estimate of drug-likeness (QED) is 0.643. The predicted molar refractivity (Wildman–Crippen MR) is 66.2 cm³/mol. The van der Waals surface area contributed by atoms with Crippen molar-refractivity contribution in [2.75, 3.05) is 6.61 Å². The molecule has 0 spiro atoms. The van der Waals surface area contributed by atoms with Gasteiger partial charge in [0.25, 0.3) is 0 Å². The third-order valence-electron chi connectivity index (χ3n) is 1.97. The Morgan fingerprint density at radius 2 is 2.20 bits per heavy atom. The molecule has 82 valence electrons. The van der Waals surface area contributed by atoms with E-state index in [-0.39, 0.29) is 5.76 Å². The highest BCUT2D eigenvalue weighted by Gasteiger charge is 2.02. The normalized spacial score (nSPS) is 10.0. The number of unbranched alkanes of at least 4 members (excludes halogenated alkanes) is 1. The standard InChI is InChI=1S/C12H15BrO2/c1-3-4-5-15-12-7-10(9(2)14)6-11(13)8-12/h6-8,14H,2-5H2,1H3. The van der Waals surface area contributed by atoms with E-state index in [0.29, 0.717) is 12.2 Å². The molecule has 0 fully saturated rings. The van der Waals surface area contributed by atoms with Crippen molar-refractivity contribution in [2.45, 2.75) is 19.8 Å². The maximum absolute atomic E-state index is 9.27. The van der Waals surface area contributed by atoms with Crippen LogP contribution in [0.1, 0.15) is 25.3 Å². The fraction of sp³-hybridized carbons (Fsp3) is 0.333. The van der Waals surface area contributed by atoms with Crippen LogP contribution in [0.25, 0.3) is 5.76 Å². The van der Waals surface area contributed by atoms with Gasteiger partial charge < -0.3 is 9.84 Å². The Morgan fingerprint density at radius 3 is 2.80 bits per heavy atom. The first kappa shape index (κ1) is 12.1. The van der Waals surface area contributed by atoms with Crippen LogP contribution in [-0.4, -0.2) is 11.7 Å². The van der Waals surface area contributed by atoms with Crippen LogP contribution in [-0.2, 0) is 0 Å². The van der Waals surface area contributed by atoms with Crippen molar-refractivity contribution >= 4 is 21.7 Å². The van der Waals surface area contributed by atoms with Crippen molar-refractivity contribution in [3.63, 3.8) is 0 Å². The van der Waals surface area contributed by atoms with Crippen LogP contribution in [0.5, 0.6) is 5.75 Å². The summed E-state index contributed by atoms with van der Waals surface area (Å²) in [6, 6.07) is 5.46. The fourth-order valence-electron chi connectivity index (χ4n) is 1.15. The molecule has 0 unspecified atom stereocenters. The highest BCUT2D eigenvalue weighted by molar-refractivity contribution is 9.10. The molecule has 2 nitrogen and oxygen atoms in total. The number of ether oxygens (including phenoxy) is 1. The van der Waals surface area contributed by atoms with Gasteiger partial charge in [-0.25, -0.2) is 0 Å². The molecular formula is C12H15BrO2. The zero-order valence-corrected chi connectivity index (χ0v) is 10.4. The average Bonchev–Trinajstić information content (AvgIpc) is 2.17. The predicted octanol–water partition coefficient (Wildman–Crippen LogP) is 4.16. The molecular weight excluding hydrogens is 256 g/mol. The topological polar surface area (TPSA) is 29.5 Å². The van der Waals surface area contributed by atoms with Crippen LogP contribution < -0.4 is 4.74 Å². The third-order valence-corrected chi connectivity index (χ3v) is 2.43. The number of hydrogen-bond acceptors (Lipinski definition) is 2. The monoisotopic (exact) mass is 270 g/mol. The minimum atomic E-state index is 0.0524. The van der Waals surface area contributed by atoms with Crippen LogP contribution in [0.2, 0.25) is 0 Å². The summed E-state index contributed by atoms with van der Waals surface area (Å²) in [5, 5.41) is 9.27. The zero-order valence-electron chi connectivity index (χ0n) is 8.79. The van der Waals surface area contributed by atoms with Gasteiger partial charge >= 0.3 is 0 Å². The molecule has 3 heteroatoms. The Morgan fingerprint density at radius 1 is 1.47 bits per heavy atom. The van der Waals surface area contributed by atoms with E-state index in [1.807, 2.05) is 6.07 Å². The minimum absolute atomic E-state index is 0.0524. The van der Waals surface area contributed by atoms with Crippen molar-refractivity contribution in [3.05, 3.63) is 34.8 Å². The van der Waals surface area contributed by atoms with Crippen LogP contribution in [0.15, 0.2) is 29.3 Å². The molecule has 1 aromatic carbocycles. The first-order valence-corrected chi connectivity index (χ1v) is 5.74. The summed E-state index contributed by atoms with van der Waals surface area (Å²) in [5.41, 5.74) is 0.677. The van der Waals surface area contributed by atoms with E-state index >= 15 is 0 Å². The molecule has 0 aliphatic carbocycles. The number of aliphatic hydroxyl groups is 1. The molecule has 0 radical (unpaired) electrons. The van der Waals surface area contributed by atoms with Crippen molar-refractivity contribution in [1.29, 1.82) is 0 Å². The lowest BCUT2D eigenvalue weighted by Crippen LogP contribution is -1.97. The lowest BCUT2D eigenvalue weighted by atomic mass is 10.2. The summed E-state index contributed by atoms with van der Waals surface area (Å²) >= 11 is 3.36. The SMILES string of the molecule is C=C(O)c1cc(Br)cc(OCCCC)c1. The lowest BCUT2D eigenvalue weighted by Gasteiger charge is -2.08. The highest BCUT2D eigenvalue weighted by atomic mass is 79.9. The van der Waals surface area contributed by atoms with Crippen molar-refractivity contribution in [1.82, 2.24) is 0 Å². The molecule has 0 bridgehead atoms. The average molecular weight is 271 g/mol. The Hall–Kier alpha value is -0.960. The Balaban J connectivity index is 2.75. The van der Waals surface area contributed by atoms with Gasteiger partial charge in [-0.15, -0.1) is 0 Å². The molecule has 0 aromatic heterocycles. The molecule has 0 heterocycles. The number of halogens is 1. The maximum Gasteiger partial charge on any atom is 0.121 e. The van der Waals surface area contributed by atoms with Crippen molar-refractivity contribution in [3.8, 4) is 5.75 Å². The number of benzene rings is 1. The summed E-state index contributed by atoms with van der Waals surface area (Å²) in [7, 11) is 0. The van der Waals surface area contributed by atoms with Gasteiger partial charge in [0.1, 0.15) is 11.5 Å². The first-order valence-electron chi connectivity index (χ1n) is 4.95. The van der Waals surface area contributed by atoms with Gasteiger partial charge in [0, 0.05) is 10.0 Å². The number of hydrogen-bond donors (Lipinski definition) is 1. The van der Waals surface area contributed by atoms with Crippen molar-refractivity contribution in [2.24, 2.45) is 0 Å². The van der Waals surface area contributed by atoms with Crippen molar-refractivity contribution < 1.29 is 9.84 Å². The molecule has 1 N–H and O–H groups in total. The Bertz CT molecular complexity index is 347. The largest absolute Gasteiger partial charge is 0.508 e. The van der Waals surface area contributed by atoms with Gasteiger partial charge in [-0.1, -0.05) is 35.9 Å². The number of aliphatic hydroxyl groups excluding tert-OH is 1. The zero-order chi connectivity index (χ0) is 11.3.